The van der Waals surface area contributed by atoms with E-state index in [9.17, 15) is 13.2 Å². The molecule has 2 aromatic rings. The van der Waals surface area contributed by atoms with Gasteiger partial charge in [-0.3, -0.25) is 0 Å². The SMILES string of the molecule is FC(F)(F)Oc1ccc(-c2ccc(CBr)c(Cl)c2)cc1. The molecule has 0 atom stereocenters. The van der Waals surface area contributed by atoms with E-state index in [4.69, 9.17) is 11.6 Å². The van der Waals surface area contributed by atoms with Crippen LogP contribution in [0.4, 0.5) is 13.2 Å². The van der Waals surface area contributed by atoms with Gasteiger partial charge in [0, 0.05) is 10.4 Å². The lowest BCUT2D eigenvalue weighted by Gasteiger charge is -2.10. The lowest BCUT2D eigenvalue weighted by atomic mass is 10.0. The smallest absolute Gasteiger partial charge is 0.406 e. The molecule has 0 amide bonds. The normalized spacial score (nSPS) is 11.4. The van der Waals surface area contributed by atoms with Gasteiger partial charge in [0.2, 0.25) is 0 Å². The first-order chi connectivity index (χ1) is 9.39. The summed E-state index contributed by atoms with van der Waals surface area (Å²) >= 11 is 9.41. The van der Waals surface area contributed by atoms with Gasteiger partial charge in [-0.15, -0.1) is 13.2 Å². The quantitative estimate of drug-likeness (QED) is 0.625. The molecule has 1 nitrogen and oxygen atoms in total. The molecule has 6 heteroatoms. The summed E-state index contributed by atoms with van der Waals surface area (Å²) in [5.41, 5.74) is 2.55. The Labute approximate surface area is 127 Å². The summed E-state index contributed by atoms with van der Waals surface area (Å²) in [5, 5.41) is 1.25. The fourth-order valence-corrected chi connectivity index (χ4v) is 2.58. The second kappa shape index (κ2) is 6.06. The average molecular weight is 366 g/mol. The average Bonchev–Trinajstić information content (AvgIpc) is 2.37. The molecule has 0 saturated carbocycles. The van der Waals surface area contributed by atoms with Gasteiger partial charge in [-0.05, 0) is 34.9 Å². The third-order valence-corrected chi connectivity index (χ3v) is 3.57. The van der Waals surface area contributed by atoms with Gasteiger partial charge < -0.3 is 4.74 Å². The Bertz CT molecular complexity index is 596. The zero-order valence-electron chi connectivity index (χ0n) is 10.0. The predicted octanol–water partition coefficient (Wildman–Crippen LogP) is 5.80. The van der Waals surface area contributed by atoms with E-state index in [0.29, 0.717) is 10.4 Å². The van der Waals surface area contributed by atoms with Crippen LogP contribution in [0.25, 0.3) is 11.1 Å². The minimum absolute atomic E-state index is 0.246. The summed E-state index contributed by atoms with van der Waals surface area (Å²) in [6.45, 7) is 0. The highest BCUT2D eigenvalue weighted by molar-refractivity contribution is 9.08. The van der Waals surface area contributed by atoms with Crippen molar-refractivity contribution in [2.24, 2.45) is 0 Å². The molecule has 0 aliphatic carbocycles. The lowest BCUT2D eigenvalue weighted by Crippen LogP contribution is -2.16. The van der Waals surface area contributed by atoms with E-state index in [1.165, 1.54) is 12.1 Å². The van der Waals surface area contributed by atoms with Crippen LogP contribution in [0.1, 0.15) is 5.56 Å². The van der Waals surface area contributed by atoms with Gasteiger partial charge in [0.15, 0.2) is 0 Å². The number of rotatable bonds is 3. The van der Waals surface area contributed by atoms with Crippen LogP contribution in [0.5, 0.6) is 5.75 Å². The summed E-state index contributed by atoms with van der Waals surface area (Å²) in [7, 11) is 0. The summed E-state index contributed by atoms with van der Waals surface area (Å²) in [6.07, 6.45) is -4.68. The van der Waals surface area contributed by atoms with Crippen LogP contribution in [0.3, 0.4) is 0 Å². The third kappa shape index (κ3) is 3.90. The number of alkyl halides is 4. The molecule has 0 aromatic heterocycles. The molecule has 2 rings (SSSR count). The minimum Gasteiger partial charge on any atom is -0.406 e. The Balaban J connectivity index is 2.24. The van der Waals surface area contributed by atoms with Gasteiger partial charge in [0.25, 0.3) is 0 Å². The predicted molar refractivity (Wildman–Crippen MR) is 76.2 cm³/mol. The monoisotopic (exact) mass is 364 g/mol. The maximum Gasteiger partial charge on any atom is 0.573 e. The van der Waals surface area contributed by atoms with Crippen molar-refractivity contribution in [3.05, 3.63) is 53.1 Å². The number of hydrogen-bond donors (Lipinski definition) is 0. The maximum absolute atomic E-state index is 12.1. The van der Waals surface area contributed by atoms with Crippen LogP contribution in [0, 0.1) is 0 Å². The molecular weight excluding hydrogens is 357 g/mol. The second-order valence-corrected chi connectivity index (χ2v) is 4.98. The van der Waals surface area contributed by atoms with Crippen molar-refractivity contribution in [3.8, 4) is 16.9 Å². The zero-order chi connectivity index (χ0) is 14.8. The van der Waals surface area contributed by atoms with Gasteiger partial charge in [-0.1, -0.05) is 51.8 Å². The van der Waals surface area contributed by atoms with Crippen molar-refractivity contribution >= 4 is 27.5 Å². The summed E-state index contributed by atoms with van der Waals surface area (Å²) in [5.74, 6) is -0.246. The van der Waals surface area contributed by atoms with Gasteiger partial charge in [-0.25, -0.2) is 0 Å². The molecule has 0 unspecified atom stereocenters. The third-order valence-electron chi connectivity index (χ3n) is 2.62. The maximum atomic E-state index is 12.1. The van der Waals surface area contributed by atoms with Crippen molar-refractivity contribution in [1.29, 1.82) is 0 Å². The highest BCUT2D eigenvalue weighted by Crippen LogP contribution is 2.29. The first-order valence-corrected chi connectivity index (χ1v) is 7.09. The fraction of sp³-hybridized carbons (Fsp3) is 0.143. The number of halogens is 5. The van der Waals surface area contributed by atoms with E-state index in [0.717, 1.165) is 16.7 Å². The fourth-order valence-electron chi connectivity index (χ4n) is 1.68. The van der Waals surface area contributed by atoms with Crippen molar-refractivity contribution in [2.75, 3.05) is 0 Å². The standard InChI is InChI=1S/C14H9BrClF3O/c15-8-11-2-1-10(7-13(11)16)9-3-5-12(6-4-9)20-14(17,18)19/h1-7H,8H2. The van der Waals surface area contributed by atoms with Gasteiger partial charge in [-0.2, -0.15) is 0 Å². The largest absolute Gasteiger partial charge is 0.573 e. The Morgan fingerprint density at radius 1 is 1.00 bits per heavy atom. The second-order valence-electron chi connectivity index (χ2n) is 4.01. The molecule has 0 spiro atoms. The number of ether oxygens (including phenoxy) is 1. The van der Waals surface area contributed by atoms with Crippen LogP contribution >= 0.6 is 27.5 Å². The highest BCUT2D eigenvalue weighted by atomic mass is 79.9. The summed E-state index contributed by atoms with van der Waals surface area (Å²) in [4.78, 5) is 0. The van der Waals surface area contributed by atoms with Crippen LogP contribution < -0.4 is 4.74 Å². The molecule has 0 N–H and O–H groups in total. The molecule has 0 heterocycles. The molecule has 0 fully saturated rings. The molecule has 0 radical (unpaired) electrons. The zero-order valence-corrected chi connectivity index (χ0v) is 12.4. The molecule has 0 bridgehead atoms. The van der Waals surface area contributed by atoms with Crippen molar-refractivity contribution in [2.45, 2.75) is 11.7 Å². The van der Waals surface area contributed by atoms with Crippen LogP contribution in [-0.2, 0) is 5.33 Å². The Morgan fingerprint density at radius 3 is 2.10 bits per heavy atom. The summed E-state index contributed by atoms with van der Waals surface area (Å²) in [6, 6.07) is 11.2. The van der Waals surface area contributed by atoms with Crippen LogP contribution in [-0.4, -0.2) is 6.36 Å². The van der Waals surface area contributed by atoms with Gasteiger partial charge in [0.05, 0.1) is 0 Å². The van der Waals surface area contributed by atoms with E-state index in [1.807, 2.05) is 12.1 Å². The Hall–Kier alpha value is -1.20. The van der Waals surface area contributed by atoms with Crippen molar-refractivity contribution in [1.82, 2.24) is 0 Å². The van der Waals surface area contributed by atoms with Gasteiger partial charge >= 0.3 is 6.36 Å². The summed E-state index contributed by atoms with van der Waals surface area (Å²) < 4.78 is 40.0. The molecule has 0 aliphatic heterocycles. The molecular formula is C14H9BrClF3O. The molecule has 20 heavy (non-hydrogen) atoms. The molecule has 2 aromatic carbocycles. The van der Waals surface area contributed by atoms with E-state index in [2.05, 4.69) is 20.7 Å². The molecule has 106 valence electrons. The lowest BCUT2D eigenvalue weighted by molar-refractivity contribution is -0.274. The first-order valence-electron chi connectivity index (χ1n) is 5.59. The Morgan fingerprint density at radius 2 is 1.60 bits per heavy atom. The van der Waals surface area contributed by atoms with E-state index in [-0.39, 0.29) is 5.75 Å². The first kappa shape index (κ1) is 15.2. The van der Waals surface area contributed by atoms with Gasteiger partial charge in [0.1, 0.15) is 5.75 Å². The number of benzene rings is 2. The molecule has 0 aliphatic rings. The highest BCUT2D eigenvalue weighted by Gasteiger charge is 2.30. The minimum atomic E-state index is -4.68. The topological polar surface area (TPSA) is 9.23 Å². The molecule has 0 saturated heterocycles. The van der Waals surface area contributed by atoms with E-state index < -0.39 is 6.36 Å². The van der Waals surface area contributed by atoms with E-state index in [1.54, 1.807) is 18.2 Å². The Kier molecular flexibility index (Phi) is 4.60. The van der Waals surface area contributed by atoms with E-state index >= 15 is 0 Å². The van der Waals surface area contributed by atoms with Crippen LogP contribution in [0.15, 0.2) is 42.5 Å². The number of hydrogen-bond acceptors (Lipinski definition) is 1. The van der Waals surface area contributed by atoms with Crippen LogP contribution in [0.2, 0.25) is 5.02 Å². The van der Waals surface area contributed by atoms with Crippen molar-refractivity contribution < 1.29 is 17.9 Å². The van der Waals surface area contributed by atoms with Crippen molar-refractivity contribution in [3.63, 3.8) is 0 Å².